The molecule has 0 saturated carbocycles. The normalized spacial score (nSPS) is 12.5. The number of nitrogens with one attached hydrogen (secondary N) is 1. The van der Waals surface area contributed by atoms with Crippen molar-refractivity contribution in [2.75, 3.05) is 5.32 Å². The van der Waals surface area contributed by atoms with Gasteiger partial charge in [0.05, 0.1) is 10.6 Å². The van der Waals surface area contributed by atoms with Gasteiger partial charge in [-0.2, -0.15) is 0 Å². The number of hydrogen-bond acceptors (Lipinski definition) is 7. The first-order valence-corrected chi connectivity index (χ1v) is 6.29. The lowest BCUT2D eigenvalue weighted by molar-refractivity contribution is -0.383. The van der Waals surface area contributed by atoms with Crippen LogP contribution in [0.1, 0.15) is 20.3 Å². The quantitative estimate of drug-likeness (QED) is 0.611. The summed E-state index contributed by atoms with van der Waals surface area (Å²) in [6, 6.07) is 1.82. The smallest absolute Gasteiger partial charge is 0.326 e. The maximum absolute atomic E-state index is 11.3. The summed E-state index contributed by atoms with van der Waals surface area (Å²) in [7, 11) is 0. The van der Waals surface area contributed by atoms with E-state index in [0.29, 0.717) is 12.1 Å². The molecule has 1 aromatic heterocycles. The molecule has 1 aromatic carbocycles. The Labute approximate surface area is 119 Å². The average Bonchev–Trinajstić information content (AvgIpc) is 2.86. The molecule has 0 unspecified atom stereocenters. The first kappa shape index (κ1) is 14.7. The Kier molecular flexibility index (Phi) is 4.01. The lowest BCUT2D eigenvalue weighted by atomic mass is 10.0. The third-order valence-electron chi connectivity index (χ3n) is 2.93. The number of benzene rings is 1. The van der Waals surface area contributed by atoms with Crippen LogP contribution in [0, 0.1) is 16.0 Å². The van der Waals surface area contributed by atoms with E-state index in [0.717, 1.165) is 0 Å². The monoisotopic (exact) mass is 294 g/mol. The summed E-state index contributed by atoms with van der Waals surface area (Å²) < 4.78 is 4.53. The van der Waals surface area contributed by atoms with Gasteiger partial charge in [-0.1, -0.05) is 13.8 Å². The second-order valence-electron chi connectivity index (χ2n) is 5.02. The van der Waals surface area contributed by atoms with Crippen molar-refractivity contribution in [2.24, 2.45) is 5.92 Å². The molecule has 0 saturated heterocycles. The van der Waals surface area contributed by atoms with Crippen LogP contribution in [0.3, 0.4) is 0 Å². The number of hydrogen-bond donors (Lipinski definition) is 2. The van der Waals surface area contributed by atoms with E-state index in [4.69, 9.17) is 0 Å². The molecular formula is C12H14N4O5. The number of fused-ring (bicyclic) bond motifs is 1. The molecule has 2 N–H and O–H groups in total. The van der Waals surface area contributed by atoms with Crippen LogP contribution in [0.5, 0.6) is 0 Å². The number of nitro groups is 1. The minimum atomic E-state index is -1.01. The maximum atomic E-state index is 11.3. The molecule has 9 nitrogen and oxygen atoms in total. The molecule has 0 radical (unpaired) electrons. The number of carboxylic acid groups (broad SMARTS) is 1. The van der Waals surface area contributed by atoms with E-state index < -0.39 is 16.9 Å². The minimum absolute atomic E-state index is 0.0151. The minimum Gasteiger partial charge on any atom is -0.480 e. The maximum Gasteiger partial charge on any atom is 0.326 e. The van der Waals surface area contributed by atoms with Gasteiger partial charge in [-0.25, -0.2) is 9.42 Å². The lowest BCUT2D eigenvalue weighted by Crippen LogP contribution is -2.30. The van der Waals surface area contributed by atoms with Crippen LogP contribution in [0.25, 0.3) is 11.0 Å². The van der Waals surface area contributed by atoms with Crippen molar-refractivity contribution in [3.8, 4) is 0 Å². The Morgan fingerprint density at radius 2 is 2.10 bits per heavy atom. The molecule has 0 fully saturated rings. The van der Waals surface area contributed by atoms with E-state index in [1.807, 2.05) is 13.8 Å². The number of nitrogens with zero attached hydrogens (tertiary/aromatic N) is 3. The molecule has 9 heteroatoms. The highest BCUT2D eigenvalue weighted by atomic mass is 16.6. The van der Waals surface area contributed by atoms with E-state index >= 15 is 0 Å². The SMILES string of the molecule is CC(C)C[C@@H](Nc1ccc([N+](=O)[O-])c2nonc12)C(=O)O. The molecule has 112 valence electrons. The van der Waals surface area contributed by atoms with E-state index in [1.165, 1.54) is 12.1 Å². The number of aromatic nitrogens is 2. The van der Waals surface area contributed by atoms with Gasteiger partial charge in [0, 0.05) is 6.07 Å². The van der Waals surface area contributed by atoms with Crippen molar-refractivity contribution in [2.45, 2.75) is 26.3 Å². The number of rotatable bonds is 6. The van der Waals surface area contributed by atoms with Crippen molar-refractivity contribution in [1.82, 2.24) is 10.3 Å². The predicted molar refractivity (Wildman–Crippen MR) is 73.0 cm³/mol. The summed E-state index contributed by atoms with van der Waals surface area (Å²) >= 11 is 0. The van der Waals surface area contributed by atoms with Crippen LogP contribution in [0.4, 0.5) is 11.4 Å². The molecule has 2 aromatic rings. The second-order valence-corrected chi connectivity index (χ2v) is 5.02. The van der Waals surface area contributed by atoms with E-state index in [9.17, 15) is 20.0 Å². The van der Waals surface area contributed by atoms with Crippen LogP contribution in [0.2, 0.25) is 0 Å². The van der Waals surface area contributed by atoms with E-state index in [1.54, 1.807) is 0 Å². The number of nitro benzene ring substituents is 1. The third kappa shape index (κ3) is 3.07. The van der Waals surface area contributed by atoms with Crippen LogP contribution < -0.4 is 5.32 Å². The Bertz CT molecular complexity index is 681. The second kappa shape index (κ2) is 5.73. The molecule has 1 atom stereocenters. The van der Waals surface area contributed by atoms with Gasteiger partial charge in [-0.3, -0.25) is 10.1 Å². The predicted octanol–water partition coefficient (Wildman–Crippen LogP) is 2.04. The highest BCUT2D eigenvalue weighted by Gasteiger charge is 2.24. The van der Waals surface area contributed by atoms with Crippen molar-refractivity contribution >= 4 is 28.4 Å². The molecule has 0 bridgehead atoms. The molecule has 1 heterocycles. The molecule has 0 aliphatic heterocycles. The van der Waals surface area contributed by atoms with E-state index in [-0.39, 0.29) is 22.6 Å². The van der Waals surface area contributed by atoms with Crippen LogP contribution in [-0.2, 0) is 4.79 Å². The zero-order chi connectivity index (χ0) is 15.6. The molecule has 0 aliphatic carbocycles. The van der Waals surface area contributed by atoms with Crippen LogP contribution in [0.15, 0.2) is 16.8 Å². The van der Waals surface area contributed by atoms with E-state index in [2.05, 4.69) is 20.3 Å². The fraction of sp³-hybridized carbons (Fsp3) is 0.417. The summed E-state index contributed by atoms with van der Waals surface area (Å²) in [6.45, 7) is 3.81. The fourth-order valence-electron chi connectivity index (χ4n) is 2.00. The van der Waals surface area contributed by atoms with Crippen molar-refractivity contribution in [3.63, 3.8) is 0 Å². The molecule has 0 amide bonds. The largest absolute Gasteiger partial charge is 0.480 e. The lowest BCUT2D eigenvalue weighted by Gasteiger charge is -2.17. The van der Waals surface area contributed by atoms with Crippen molar-refractivity contribution in [1.29, 1.82) is 0 Å². The summed E-state index contributed by atoms with van der Waals surface area (Å²) in [5.74, 6) is -0.839. The summed E-state index contributed by atoms with van der Waals surface area (Å²) in [6.07, 6.45) is 0.402. The summed E-state index contributed by atoms with van der Waals surface area (Å²) in [4.78, 5) is 21.5. The standard InChI is InChI=1S/C12H14N4O5/c1-6(2)5-8(12(17)18)13-7-3-4-9(16(19)20)11-10(7)14-21-15-11/h3-4,6,8,13H,5H2,1-2H3,(H,17,18)/t8-/m1/s1. The fourth-order valence-corrected chi connectivity index (χ4v) is 2.00. The van der Waals surface area contributed by atoms with Crippen molar-refractivity contribution < 1.29 is 19.5 Å². The number of anilines is 1. The molecule has 2 rings (SSSR count). The molecular weight excluding hydrogens is 280 g/mol. The van der Waals surface area contributed by atoms with Gasteiger partial charge in [0.25, 0.3) is 0 Å². The highest BCUT2D eigenvalue weighted by Crippen LogP contribution is 2.29. The first-order valence-electron chi connectivity index (χ1n) is 6.29. The first-order chi connectivity index (χ1) is 9.90. The Balaban J connectivity index is 2.38. The highest BCUT2D eigenvalue weighted by molar-refractivity contribution is 5.94. The Morgan fingerprint density at radius 3 is 2.67 bits per heavy atom. The van der Waals surface area contributed by atoms with Gasteiger partial charge in [0.2, 0.25) is 5.52 Å². The molecule has 0 spiro atoms. The number of carbonyl (C=O) groups is 1. The number of non-ortho nitro benzene ring substituents is 1. The Morgan fingerprint density at radius 1 is 1.43 bits per heavy atom. The molecule has 21 heavy (non-hydrogen) atoms. The topological polar surface area (TPSA) is 131 Å². The van der Waals surface area contributed by atoms with Crippen LogP contribution >= 0.6 is 0 Å². The third-order valence-corrected chi connectivity index (χ3v) is 2.93. The summed E-state index contributed by atoms with van der Waals surface area (Å²) in [5, 5.41) is 30.0. The molecule has 0 aliphatic rings. The van der Waals surface area contributed by atoms with Gasteiger partial charge < -0.3 is 10.4 Å². The van der Waals surface area contributed by atoms with Gasteiger partial charge in [-0.15, -0.1) is 0 Å². The van der Waals surface area contributed by atoms with Crippen LogP contribution in [-0.4, -0.2) is 32.4 Å². The average molecular weight is 294 g/mol. The summed E-state index contributed by atoms with van der Waals surface area (Å²) in [5.41, 5.74) is 0.218. The van der Waals surface area contributed by atoms with Gasteiger partial charge in [0.1, 0.15) is 6.04 Å². The van der Waals surface area contributed by atoms with Gasteiger partial charge >= 0.3 is 11.7 Å². The zero-order valence-corrected chi connectivity index (χ0v) is 11.4. The zero-order valence-electron chi connectivity index (χ0n) is 11.4. The van der Waals surface area contributed by atoms with Gasteiger partial charge in [-0.05, 0) is 28.7 Å². The Hall–Kier alpha value is -2.71. The van der Waals surface area contributed by atoms with Crippen molar-refractivity contribution in [3.05, 3.63) is 22.2 Å². The van der Waals surface area contributed by atoms with Gasteiger partial charge in [0.15, 0.2) is 5.52 Å². The number of carboxylic acids is 1. The number of aliphatic carboxylic acids is 1.